The molecule has 0 radical (unpaired) electrons. The molecule has 1 atom stereocenters. The second-order valence-electron chi connectivity index (χ2n) is 7.09. The molecule has 4 nitrogen and oxygen atoms in total. The molecule has 1 aromatic heterocycles. The summed E-state index contributed by atoms with van der Waals surface area (Å²) in [5.41, 5.74) is 3.85. The first-order valence-electron chi connectivity index (χ1n) is 9.76. The van der Waals surface area contributed by atoms with Crippen LogP contribution in [0.5, 0.6) is 5.88 Å². The van der Waals surface area contributed by atoms with E-state index in [4.69, 9.17) is 16.3 Å². The molecule has 4 rings (SSSR count). The molecule has 0 saturated carbocycles. The van der Waals surface area contributed by atoms with Crippen molar-refractivity contribution in [1.29, 1.82) is 0 Å². The van der Waals surface area contributed by atoms with Gasteiger partial charge < -0.3 is 10.1 Å². The van der Waals surface area contributed by atoms with Crippen LogP contribution in [0.4, 0.5) is 10.1 Å². The number of nitrogens with one attached hydrogen (secondary N) is 1. The van der Waals surface area contributed by atoms with Gasteiger partial charge in [0.25, 0.3) is 5.91 Å². The number of ether oxygens (including phenoxy) is 1. The number of halogens is 2. The van der Waals surface area contributed by atoms with Crippen LogP contribution in [-0.2, 0) is 0 Å². The van der Waals surface area contributed by atoms with Crippen LogP contribution in [0.2, 0.25) is 5.02 Å². The van der Waals surface area contributed by atoms with Crippen molar-refractivity contribution < 1.29 is 13.9 Å². The zero-order valence-electron chi connectivity index (χ0n) is 16.8. The summed E-state index contributed by atoms with van der Waals surface area (Å²) >= 11 is 6.39. The molecule has 0 bridgehead atoms. The van der Waals surface area contributed by atoms with Crippen LogP contribution in [0.25, 0.3) is 11.1 Å². The van der Waals surface area contributed by atoms with Crippen molar-refractivity contribution in [3.05, 3.63) is 101 Å². The third-order valence-electron chi connectivity index (χ3n) is 5.09. The molecule has 31 heavy (non-hydrogen) atoms. The van der Waals surface area contributed by atoms with Crippen LogP contribution in [-0.4, -0.2) is 24.2 Å². The highest BCUT2D eigenvalue weighted by Gasteiger charge is 2.22. The summed E-state index contributed by atoms with van der Waals surface area (Å²) in [5, 5.41) is 3.26. The van der Waals surface area contributed by atoms with Gasteiger partial charge >= 0.3 is 0 Å². The fourth-order valence-corrected chi connectivity index (χ4v) is 3.70. The molecule has 1 N–H and O–H groups in total. The number of amides is 1. The quantitative estimate of drug-likeness (QED) is 0.519. The van der Waals surface area contributed by atoms with Crippen molar-refractivity contribution in [2.75, 3.05) is 12.4 Å². The molecule has 6 heteroatoms. The van der Waals surface area contributed by atoms with E-state index < -0.39 is 6.17 Å². The number of carbonyl (C=O) groups is 1. The molecule has 1 aliphatic carbocycles. The molecule has 2 aromatic carbocycles. The average molecular weight is 435 g/mol. The van der Waals surface area contributed by atoms with Crippen molar-refractivity contribution >= 4 is 34.3 Å². The van der Waals surface area contributed by atoms with Gasteiger partial charge in [-0.15, -0.1) is 0 Å². The number of hydrogen-bond donors (Lipinski definition) is 1. The Bertz CT molecular complexity index is 1160. The smallest absolute Gasteiger partial charge is 0.255 e. The predicted octanol–water partition coefficient (Wildman–Crippen LogP) is 6.20. The number of hydrogen-bond acceptors (Lipinski definition) is 3. The zero-order chi connectivity index (χ0) is 21.8. The van der Waals surface area contributed by atoms with E-state index in [9.17, 15) is 9.18 Å². The molecule has 156 valence electrons. The Kier molecular flexibility index (Phi) is 6.14. The van der Waals surface area contributed by atoms with Crippen LogP contribution in [0.1, 0.15) is 27.9 Å². The summed E-state index contributed by atoms with van der Waals surface area (Å²) in [6.45, 7) is 0. The average Bonchev–Trinajstić information content (AvgIpc) is 2.80. The van der Waals surface area contributed by atoms with Crippen molar-refractivity contribution in [3.8, 4) is 5.88 Å². The zero-order valence-corrected chi connectivity index (χ0v) is 17.6. The first kappa shape index (κ1) is 20.8. The lowest BCUT2D eigenvalue weighted by atomic mass is 9.88. The van der Waals surface area contributed by atoms with Gasteiger partial charge in [0.15, 0.2) is 0 Å². The van der Waals surface area contributed by atoms with Crippen molar-refractivity contribution in [2.45, 2.75) is 12.6 Å². The number of aromatic nitrogens is 1. The molecular formula is C25H20ClFN2O2. The topological polar surface area (TPSA) is 51.2 Å². The minimum atomic E-state index is -1.15. The molecule has 0 aliphatic heterocycles. The number of nitrogens with zero attached hydrogens (tertiary/aromatic N) is 1. The SMILES string of the molecule is COc1ccc(NC(=O)c2ccc(Cl)c(C3=CC=C(c4ccccc4)C(F)C3)c2)cn1. The molecule has 0 saturated heterocycles. The van der Waals surface area contributed by atoms with Crippen LogP contribution in [0.15, 0.2) is 79.0 Å². The Labute approximate surface area is 185 Å². The molecule has 1 heterocycles. The highest BCUT2D eigenvalue weighted by Crippen LogP contribution is 2.36. The largest absolute Gasteiger partial charge is 0.481 e. The molecule has 0 fully saturated rings. The monoisotopic (exact) mass is 434 g/mol. The minimum Gasteiger partial charge on any atom is -0.481 e. The van der Waals surface area contributed by atoms with Crippen LogP contribution >= 0.6 is 11.6 Å². The Balaban J connectivity index is 1.58. The number of carbonyl (C=O) groups excluding carboxylic acids is 1. The van der Waals surface area contributed by atoms with Gasteiger partial charge in [0.05, 0.1) is 19.0 Å². The number of anilines is 1. The lowest BCUT2D eigenvalue weighted by molar-refractivity contribution is 0.102. The molecule has 3 aromatic rings. The van der Waals surface area contributed by atoms with E-state index >= 15 is 0 Å². The number of alkyl halides is 1. The summed E-state index contributed by atoms with van der Waals surface area (Å²) in [5.74, 6) is 0.151. The maximum Gasteiger partial charge on any atom is 0.255 e. The first-order chi connectivity index (χ1) is 15.0. The van der Waals surface area contributed by atoms with E-state index in [1.807, 2.05) is 36.4 Å². The number of allylic oxidation sites excluding steroid dienone is 4. The highest BCUT2D eigenvalue weighted by atomic mass is 35.5. The second-order valence-corrected chi connectivity index (χ2v) is 7.50. The van der Waals surface area contributed by atoms with E-state index in [1.165, 1.54) is 13.3 Å². The Morgan fingerprint density at radius 3 is 2.61 bits per heavy atom. The van der Waals surface area contributed by atoms with Gasteiger partial charge in [0.1, 0.15) is 6.17 Å². The third-order valence-corrected chi connectivity index (χ3v) is 5.42. The van der Waals surface area contributed by atoms with Gasteiger partial charge in [-0.2, -0.15) is 0 Å². The maximum absolute atomic E-state index is 15.0. The number of pyridine rings is 1. The number of rotatable bonds is 5. The lowest BCUT2D eigenvalue weighted by Gasteiger charge is -2.20. The van der Waals surface area contributed by atoms with Gasteiger partial charge in [0, 0.05) is 23.1 Å². The van der Waals surface area contributed by atoms with E-state index in [-0.39, 0.29) is 12.3 Å². The minimum absolute atomic E-state index is 0.188. The molecule has 1 aliphatic rings. The highest BCUT2D eigenvalue weighted by molar-refractivity contribution is 6.32. The Morgan fingerprint density at radius 2 is 1.94 bits per heavy atom. The summed E-state index contributed by atoms with van der Waals surface area (Å²) < 4.78 is 20.0. The van der Waals surface area contributed by atoms with Gasteiger partial charge in [-0.05, 0) is 46.5 Å². The first-order valence-corrected chi connectivity index (χ1v) is 10.1. The van der Waals surface area contributed by atoms with Crippen LogP contribution in [0.3, 0.4) is 0 Å². The van der Waals surface area contributed by atoms with E-state index in [2.05, 4.69) is 10.3 Å². The van der Waals surface area contributed by atoms with Crippen molar-refractivity contribution in [1.82, 2.24) is 4.98 Å². The maximum atomic E-state index is 15.0. The van der Waals surface area contributed by atoms with Gasteiger partial charge in [0.2, 0.25) is 5.88 Å². The third kappa shape index (κ3) is 4.67. The number of methoxy groups -OCH3 is 1. The second kappa shape index (κ2) is 9.14. The predicted molar refractivity (Wildman–Crippen MR) is 122 cm³/mol. The lowest BCUT2D eigenvalue weighted by Crippen LogP contribution is -2.13. The van der Waals surface area contributed by atoms with Gasteiger partial charge in [-0.1, -0.05) is 54.1 Å². The summed E-state index contributed by atoms with van der Waals surface area (Å²) in [4.78, 5) is 16.8. The van der Waals surface area contributed by atoms with E-state index in [1.54, 1.807) is 36.4 Å². The van der Waals surface area contributed by atoms with E-state index in [0.717, 1.165) is 11.1 Å². The van der Waals surface area contributed by atoms with Gasteiger partial charge in [-0.3, -0.25) is 4.79 Å². The van der Waals surface area contributed by atoms with Crippen molar-refractivity contribution in [2.24, 2.45) is 0 Å². The molecule has 0 spiro atoms. The number of benzene rings is 2. The molecule has 1 unspecified atom stereocenters. The van der Waals surface area contributed by atoms with Crippen molar-refractivity contribution in [3.63, 3.8) is 0 Å². The van der Waals surface area contributed by atoms with Gasteiger partial charge in [-0.25, -0.2) is 9.37 Å². The fraction of sp³-hybridized carbons (Fsp3) is 0.120. The van der Waals surface area contributed by atoms with Crippen LogP contribution in [0, 0.1) is 0 Å². The fourth-order valence-electron chi connectivity index (χ4n) is 3.46. The summed E-state index contributed by atoms with van der Waals surface area (Å²) in [7, 11) is 1.52. The molecular weight excluding hydrogens is 415 g/mol. The summed E-state index contributed by atoms with van der Waals surface area (Å²) in [6.07, 6.45) is 4.20. The van der Waals surface area contributed by atoms with Crippen LogP contribution < -0.4 is 10.1 Å². The Hall–Kier alpha value is -3.44. The molecule has 1 amide bonds. The Morgan fingerprint density at radius 1 is 1.13 bits per heavy atom. The van der Waals surface area contributed by atoms with E-state index in [0.29, 0.717) is 33.3 Å². The normalized spacial score (nSPS) is 15.6. The standard InChI is InChI=1S/C25H20ClFN2O2/c1-31-24-12-9-19(15-28-24)29-25(30)18-8-11-22(26)21(13-18)17-7-10-20(23(27)14-17)16-5-3-2-4-6-16/h2-13,15,23H,14H2,1H3,(H,29,30). The summed E-state index contributed by atoms with van der Waals surface area (Å²) in [6, 6.07) is 17.8.